The summed E-state index contributed by atoms with van der Waals surface area (Å²) in [6.45, 7) is 1.98. The Labute approximate surface area is 141 Å². The van der Waals surface area contributed by atoms with Gasteiger partial charge in [-0.1, -0.05) is 27.2 Å². The molecule has 0 saturated heterocycles. The summed E-state index contributed by atoms with van der Waals surface area (Å²) in [6.07, 6.45) is 4.67. The quantitative estimate of drug-likeness (QED) is 0.760. The first kappa shape index (κ1) is 14.6. The van der Waals surface area contributed by atoms with Gasteiger partial charge in [-0.3, -0.25) is 0 Å². The maximum absolute atomic E-state index is 6.26. The minimum Gasteiger partial charge on any atom is -0.334 e. The first-order valence-corrected chi connectivity index (χ1v) is 8.30. The van der Waals surface area contributed by atoms with Gasteiger partial charge in [0.15, 0.2) is 5.82 Å². The molecule has 0 amide bonds. The Hall–Kier alpha value is -1.99. The minimum absolute atomic E-state index is 0.421. The maximum atomic E-state index is 6.26. The second-order valence-corrected chi connectivity index (χ2v) is 6.88. The predicted octanol–water partition coefficient (Wildman–Crippen LogP) is 3.33. The summed E-state index contributed by atoms with van der Waals surface area (Å²) in [7, 11) is 0. The van der Waals surface area contributed by atoms with Crippen molar-refractivity contribution in [1.82, 2.24) is 19.9 Å². The summed E-state index contributed by atoms with van der Waals surface area (Å²) in [5.41, 5.74) is 8.57. The third kappa shape index (κ3) is 2.40. The monoisotopic (exact) mass is 373 g/mol. The van der Waals surface area contributed by atoms with Crippen LogP contribution in [-0.4, -0.2) is 19.9 Å². The molecule has 23 heavy (non-hydrogen) atoms. The molecule has 1 saturated carbocycles. The van der Waals surface area contributed by atoms with Gasteiger partial charge in [0.1, 0.15) is 0 Å². The van der Waals surface area contributed by atoms with Gasteiger partial charge < -0.3 is 10.3 Å². The molecule has 1 aliphatic rings. The predicted molar refractivity (Wildman–Crippen MR) is 89.0 cm³/mol. The Kier molecular flexibility index (Phi) is 3.35. The van der Waals surface area contributed by atoms with E-state index in [2.05, 4.69) is 31.2 Å². The van der Waals surface area contributed by atoms with Crippen LogP contribution in [-0.2, 0) is 5.54 Å². The number of halogens is 1. The minimum atomic E-state index is -0.421. The van der Waals surface area contributed by atoms with Gasteiger partial charge >= 0.3 is 0 Å². The molecule has 0 unspecified atom stereocenters. The van der Waals surface area contributed by atoms with E-state index in [-0.39, 0.29) is 0 Å². The lowest BCUT2D eigenvalue weighted by Gasteiger charge is -2.34. The highest BCUT2D eigenvalue weighted by molar-refractivity contribution is 9.10. The summed E-state index contributed by atoms with van der Waals surface area (Å²) < 4.78 is 8.28. The third-order valence-electron chi connectivity index (χ3n) is 4.41. The molecule has 0 radical (unpaired) electrons. The molecular weight excluding hydrogens is 358 g/mol. The van der Waals surface area contributed by atoms with Crippen LogP contribution >= 0.6 is 15.9 Å². The van der Waals surface area contributed by atoms with Gasteiger partial charge in [0, 0.05) is 4.47 Å². The average molecular weight is 374 g/mol. The molecule has 118 valence electrons. The summed E-state index contributed by atoms with van der Waals surface area (Å²) in [5, 5.41) is 8.51. The van der Waals surface area contributed by atoms with Crippen LogP contribution in [0.1, 0.15) is 30.8 Å². The standard InChI is InChI=1S/C16H16BrN5O/c1-10-13(9-19-22(10)12-5-2-4-11(17)8-12)14-20-15(21-23-14)16(18)6-3-7-16/h2,4-5,8-9H,3,6-7,18H2,1H3. The van der Waals surface area contributed by atoms with Crippen molar-refractivity contribution >= 4 is 15.9 Å². The van der Waals surface area contributed by atoms with Crippen LogP contribution in [0.4, 0.5) is 0 Å². The number of hydrogen-bond acceptors (Lipinski definition) is 5. The first-order valence-electron chi connectivity index (χ1n) is 7.51. The topological polar surface area (TPSA) is 82.8 Å². The van der Waals surface area contributed by atoms with E-state index in [4.69, 9.17) is 10.3 Å². The molecule has 1 aromatic carbocycles. The zero-order chi connectivity index (χ0) is 16.0. The van der Waals surface area contributed by atoms with Crippen molar-refractivity contribution in [3.8, 4) is 17.1 Å². The number of aromatic nitrogens is 4. The molecule has 1 aliphatic carbocycles. The number of hydrogen-bond donors (Lipinski definition) is 1. The Balaban J connectivity index is 1.71. The van der Waals surface area contributed by atoms with Gasteiger partial charge in [-0.2, -0.15) is 10.1 Å². The molecule has 0 bridgehead atoms. The lowest BCUT2D eigenvalue weighted by Crippen LogP contribution is -2.44. The molecular formula is C16H16BrN5O. The normalized spacial score (nSPS) is 16.3. The van der Waals surface area contributed by atoms with Gasteiger partial charge in [0.2, 0.25) is 0 Å². The van der Waals surface area contributed by atoms with Crippen LogP contribution < -0.4 is 5.73 Å². The van der Waals surface area contributed by atoms with Crippen LogP contribution in [0.5, 0.6) is 0 Å². The Morgan fingerprint density at radius 3 is 2.87 bits per heavy atom. The van der Waals surface area contributed by atoms with Crippen LogP contribution in [0.15, 0.2) is 39.5 Å². The summed E-state index contributed by atoms with van der Waals surface area (Å²) in [6, 6.07) is 7.95. The van der Waals surface area contributed by atoms with Crippen LogP contribution in [0, 0.1) is 6.92 Å². The molecule has 0 atom stereocenters. The fraction of sp³-hybridized carbons (Fsp3) is 0.312. The average Bonchev–Trinajstić information content (AvgIpc) is 3.11. The molecule has 2 N–H and O–H groups in total. The Morgan fingerprint density at radius 2 is 2.17 bits per heavy atom. The zero-order valence-electron chi connectivity index (χ0n) is 12.7. The largest absolute Gasteiger partial charge is 0.334 e. The number of benzene rings is 1. The molecule has 3 aromatic rings. The molecule has 2 heterocycles. The highest BCUT2D eigenvalue weighted by Gasteiger charge is 2.39. The van der Waals surface area contributed by atoms with E-state index in [0.717, 1.165) is 40.7 Å². The van der Waals surface area contributed by atoms with E-state index < -0.39 is 5.54 Å². The maximum Gasteiger partial charge on any atom is 0.261 e. The molecule has 7 heteroatoms. The molecule has 1 fully saturated rings. The van der Waals surface area contributed by atoms with Crippen LogP contribution in [0.25, 0.3) is 17.1 Å². The summed E-state index contributed by atoms with van der Waals surface area (Å²) in [5.74, 6) is 1.06. The second kappa shape index (κ2) is 5.28. The lowest BCUT2D eigenvalue weighted by atomic mass is 9.77. The molecule has 4 rings (SSSR count). The third-order valence-corrected chi connectivity index (χ3v) is 4.90. The Morgan fingerprint density at radius 1 is 1.35 bits per heavy atom. The van der Waals surface area contributed by atoms with Crippen molar-refractivity contribution in [2.24, 2.45) is 5.73 Å². The number of rotatable bonds is 3. The summed E-state index contributed by atoms with van der Waals surface area (Å²) >= 11 is 3.48. The highest BCUT2D eigenvalue weighted by atomic mass is 79.9. The fourth-order valence-corrected chi connectivity index (χ4v) is 3.19. The number of nitrogens with zero attached hydrogens (tertiary/aromatic N) is 4. The van der Waals surface area contributed by atoms with E-state index >= 15 is 0 Å². The van der Waals surface area contributed by atoms with Gasteiger partial charge in [-0.05, 0) is 44.4 Å². The molecule has 0 spiro atoms. The van der Waals surface area contributed by atoms with Gasteiger partial charge in [0.05, 0.1) is 28.7 Å². The zero-order valence-corrected chi connectivity index (χ0v) is 14.2. The van der Waals surface area contributed by atoms with Crippen LogP contribution in [0.3, 0.4) is 0 Å². The van der Waals surface area contributed by atoms with Crippen LogP contribution in [0.2, 0.25) is 0 Å². The number of nitrogens with two attached hydrogens (primary N) is 1. The van der Waals surface area contributed by atoms with Gasteiger partial charge in [-0.25, -0.2) is 4.68 Å². The van der Waals surface area contributed by atoms with E-state index in [9.17, 15) is 0 Å². The van der Waals surface area contributed by atoms with E-state index in [1.54, 1.807) is 6.20 Å². The van der Waals surface area contributed by atoms with E-state index in [1.807, 2.05) is 35.9 Å². The Bertz CT molecular complexity index is 865. The van der Waals surface area contributed by atoms with Crippen molar-refractivity contribution in [3.63, 3.8) is 0 Å². The molecule has 6 nitrogen and oxygen atoms in total. The second-order valence-electron chi connectivity index (χ2n) is 5.97. The highest BCUT2D eigenvalue weighted by Crippen LogP contribution is 2.38. The lowest BCUT2D eigenvalue weighted by molar-refractivity contribution is 0.229. The van der Waals surface area contributed by atoms with Crippen molar-refractivity contribution in [2.45, 2.75) is 31.7 Å². The fourth-order valence-electron chi connectivity index (χ4n) is 2.80. The van der Waals surface area contributed by atoms with Crippen molar-refractivity contribution in [1.29, 1.82) is 0 Å². The van der Waals surface area contributed by atoms with Gasteiger partial charge in [-0.15, -0.1) is 0 Å². The van der Waals surface area contributed by atoms with Gasteiger partial charge in [0.25, 0.3) is 5.89 Å². The van der Waals surface area contributed by atoms with Crippen molar-refractivity contribution < 1.29 is 4.52 Å². The first-order chi connectivity index (χ1) is 11.1. The van der Waals surface area contributed by atoms with E-state index in [0.29, 0.717) is 11.7 Å². The molecule has 2 aromatic heterocycles. The summed E-state index contributed by atoms with van der Waals surface area (Å²) in [4.78, 5) is 4.49. The molecule has 0 aliphatic heterocycles. The van der Waals surface area contributed by atoms with Crippen molar-refractivity contribution in [2.75, 3.05) is 0 Å². The van der Waals surface area contributed by atoms with E-state index in [1.165, 1.54) is 0 Å². The van der Waals surface area contributed by atoms with Crippen molar-refractivity contribution in [3.05, 3.63) is 46.5 Å². The smallest absolute Gasteiger partial charge is 0.261 e. The SMILES string of the molecule is Cc1c(-c2nc(C3(N)CCC3)no2)cnn1-c1cccc(Br)c1.